The van der Waals surface area contributed by atoms with Crippen LogP contribution in [0.2, 0.25) is 0 Å². The van der Waals surface area contributed by atoms with Gasteiger partial charge in [0.05, 0.1) is 4.92 Å². The number of nitrogens with zero attached hydrogens (tertiary/aromatic N) is 2. The smallest absolute Gasteiger partial charge is 0.434 e. The van der Waals surface area contributed by atoms with E-state index in [9.17, 15) is 28.1 Å². The Balaban J connectivity index is 3.86. The Bertz CT molecular complexity index is 555. The Labute approximate surface area is 105 Å². The zero-order valence-corrected chi connectivity index (χ0v) is 9.91. The summed E-state index contributed by atoms with van der Waals surface area (Å²) in [4.78, 5) is 23.9. The van der Waals surface area contributed by atoms with E-state index in [4.69, 9.17) is 5.11 Å². The fourth-order valence-corrected chi connectivity index (χ4v) is 1.78. The van der Waals surface area contributed by atoms with Gasteiger partial charge in [0.25, 0.3) is 5.69 Å². The molecule has 1 heterocycles. The monoisotopic (exact) mass is 278 g/mol. The lowest BCUT2D eigenvalue weighted by atomic mass is 10.00. The highest BCUT2D eigenvalue weighted by molar-refractivity contribution is 5.92. The molecule has 0 aromatic carbocycles. The molecule has 9 heteroatoms. The number of alkyl halides is 3. The van der Waals surface area contributed by atoms with E-state index in [0.29, 0.717) is 0 Å². The Morgan fingerprint density at radius 3 is 2.32 bits per heavy atom. The van der Waals surface area contributed by atoms with Crippen molar-refractivity contribution < 1.29 is 28.0 Å². The van der Waals surface area contributed by atoms with Gasteiger partial charge in [-0.25, -0.2) is 9.78 Å². The zero-order valence-electron chi connectivity index (χ0n) is 9.91. The van der Waals surface area contributed by atoms with Crippen LogP contribution in [0.1, 0.15) is 34.2 Å². The van der Waals surface area contributed by atoms with Gasteiger partial charge >= 0.3 is 12.1 Å². The summed E-state index contributed by atoms with van der Waals surface area (Å²) in [6.45, 7) is 2.38. The number of carboxylic acid groups (broad SMARTS) is 1. The van der Waals surface area contributed by atoms with E-state index in [0.717, 1.165) is 6.92 Å². The van der Waals surface area contributed by atoms with Crippen molar-refractivity contribution in [3.8, 4) is 0 Å². The van der Waals surface area contributed by atoms with E-state index >= 15 is 0 Å². The molecule has 0 amide bonds. The molecule has 0 bridgehead atoms. The summed E-state index contributed by atoms with van der Waals surface area (Å²) in [7, 11) is 0. The summed E-state index contributed by atoms with van der Waals surface area (Å²) in [6, 6.07) is 0. The first-order valence-electron chi connectivity index (χ1n) is 5.09. The average molecular weight is 278 g/mol. The molecule has 0 spiro atoms. The maximum atomic E-state index is 12.7. The zero-order chi connectivity index (χ0) is 15.0. The van der Waals surface area contributed by atoms with Gasteiger partial charge < -0.3 is 5.11 Å². The quantitative estimate of drug-likeness (QED) is 0.677. The van der Waals surface area contributed by atoms with E-state index in [1.54, 1.807) is 0 Å². The van der Waals surface area contributed by atoms with E-state index in [2.05, 4.69) is 4.98 Å². The summed E-state index contributed by atoms with van der Waals surface area (Å²) >= 11 is 0. The Morgan fingerprint density at radius 1 is 1.47 bits per heavy atom. The van der Waals surface area contributed by atoms with Crippen molar-refractivity contribution >= 4 is 11.7 Å². The second kappa shape index (κ2) is 4.82. The Morgan fingerprint density at radius 2 is 2.00 bits per heavy atom. The molecule has 1 aromatic rings. The van der Waals surface area contributed by atoms with Gasteiger partial charge in [0.2, 0.25) is 0 Å². The maximum Gasteiger partial charge on any atom is 0.434 e. The van der Waals surface area contributed by atoms with Crippen LogP contribution in [0.15, 0.2) is 0 Å². The fourth-order valence-electron chi connectivity index (χ4n) is 1.78. The highest BCUT2D eigenvalue weighted by Crippen LogP contribution is 2.36. The van der Waals surface area contributed by atoms with Crippen LogP contribution < -0.4 is 0 Å². The molecule has 0 aliphatic carbocycles. The lowest BCUT2D eigenvalue weighted by Gasteiger charge is -2.14. The topological polar surface area (TPSA) is 93.3 Å². The van der Waals surface area contributed by atoms with Crippen LogP contribution in [0.3, 0.4) is 0 Å². The highest BCUT2D eigenvalue weighted by Gasteiger charge is 2.41. The molecule has 0 saturated heterocycles. The van der Waals surface area contributed by atoms with Crippen molar-refractivity contribution in [3.05, 3.63) is 32.6 Å². The van der Waals surface area contributed by atoms with Crippen molar-refractivity contribution in [2.75, 3.05) is 0 Å². The number of aromatic nitrogens is 1. The van der Waals surface area contributed by atoms with E-state index in [1.807, 2.05) is 0 Å². The van der Waals surface area contributed by atoms with Gasteiger partial charge in [0.1, 0.15) is 11.3 Å². The van der Waals surface area contributed by atoms with Crippen LogP contribution in [0.5, 0.6) is 0 Å². The molecule has 1 aromatic heterocycles. The largest absolute Gasteiger partial charge is 0.478 e. The minimum absolute atomic E-state index is 0.218. The van der Waals surface area contributed by atoms with Crippen molar-refractivity contribution in [1.29, 1.82) is 0 Å². The van der Waals surface area contributed by atoms with Gasteiger partial charge in [-0.3, -0.25) is 10.1 Å². The first kappa shape index (κ1) is 14.9. The van der Waals surface area contributed by atoms with Crippen molar-refractivity contribution in [2.45, 2.75) is 26.4 Å². The summed E-state index contributed by atoms with van der Waals surface area (Å²) in [6.07, 6.45) is -5.21. The number of aryl methyl sites for hydroxylation is 1. The van der Waals surface area contributed by atoms with Crippen molar-refractivity contribution in [3.63, 3.8) is 0 Å². The number of carboxylic acids is 1. The van der Waals surface area contributed by atoms with Crippen molar-refractivity contribution in [1.82, 2.24) is 4.98 Å². The molecule has 0 radical (unpaired) electrons. The van der Waals surface area contributed by atoms with Crippen LogP contribution in [0.25, 0.3) is 0 Å². The second-order valence-electron chi connectivity index (χ2n) is 3.66. The van der Waals surface area contributed by atoms with E-state index < -0.39 is 45.3 Å². The molecular weight excluding hydrogens is 269 g/mol. The Hall–Kier alpha value is -2.19. The summed E-state index contributed by atoms with van der Waals surface area (Å²) in [5, 5.41) is 19.7. The molecular formula is C10H9F3N2O4. The molecule has 104 valence electrons. The molecule has 0 fully saturated rings. The average Bonchev–Trinajstić information content (AvgIpc) is 2.24. The fraction of sp³-hybridized carbons (Fsp3) is 0.400. The lowest BCUT2D eigenvalue weighted by Crippen LogP contribution is -2.20. The molecule has 0 aliphatic heterocycles. The summed E-state index contributed by atoms with van der Waals surface area (Å²) in [5.74, 6) is -1.89. The highest BCUT2D eigenvalue weighted by atomic mass is 19.4. The number of hydrogen-bond donors (Lipinski definition) is 1. The molecule has 0 unspecified atom stereocenters. The van der Waals surface area contributed by atoms with Gasteiger partial charge in [-0.2, -0.15) is 13.2 Å². The SMILES string of the molecule is CCc1c(C(=O)O)c(C(F)(F)F)nc(C)c1[N+](=O)[O-]. The molecule has 6 nitrogen and oxygen atoms in total. The molecule has 0 aliphatic rings. The summed E-state index contributed by atoms with van der Waals surface area (Å²) < 4.78 is 38.2. The second-order valence-corrected chi connectivity index (χ2v) is 3.66. The van der Waals surface area contributed by atoms with E-state index in [-0.39, 0.29) is 6.42 Å². The minimum Gasteiger partial charge on any atom is -0.478 e. The first-order valence-corrected chi connectivity index (χ1v) is 5.09. The number of hydrogen-bond acceptors (Lipinski definition) is 4. The van der Waals surface area contributed by atoms with Crippen LogP contribution >= 0.6 is 0 Å². The standard InChI is InChI=1S/C10H9F3N2O4/c1-3-5-6(9(16)17)8(10(11,12)13)14-4(2)7(5)15(18)19/h3H2,1-2H3,(H,16,17). The van der Waals surface area contributed by atoms with Crippen LogP contribution in [-0.2, 0) is 12.6 Å². The van der Waals surface area contributed by atoms with Gasteiger partial charge in [0.15, 0.2) is 5.69 Å². The number of halogens is 3. The van der Waals surface area contributed by atoms with Gasteiger partial charge in [0, 0.05) is 5.56 Å². The van der Waals surface area contributed by atoms with Gasteiger partial charge in [-0.05, 0) is 13.3 Å². The normalized spacial score (nSPS) is 11.4. The number of carbonyl (C=O) groups is 1. The third-order valence-electron chi connectivity index (χ3n) is 2.47. The third-order valence-corrected chi connectivity index (χ3v) is 2.47. The molecule has 1 N–H and O–H groups in total. The number of aromatic carboxylic acids is 1. The van der Waals surface area contributed by atoms with Crippen LogP contribution in [0.4, 0.5) is 18.9 Å². The predicted octanol–water partition coefficient (Wildman–Crippen LogP) is 2.58. The van der Waals surface area contributed by atoms with Crippen LogP contribution in [0, 0.1) is 17.0 Å². The number of pyridine rings is 1. The third kappa shape index (κ3) is 2.64. The maximum absolute atomic E-state index is 12.7. The molecule has 0 saturated carbocycles. The predicted molar refractivity (Wildman–Crippen MR) is 57.0 cm³/mol. The first-order chi connectivity index (χ1) is 8.61. The van der Waals surface area contributed by atoms with Gasteiger partial charge in [-0.1, -0.05) is 6.92 Å². The van der Waals surface area contributed by atoms with E-state index in [1.165, 1.54) is 6.92 Å². The van der Waals surface area contributed by atoms with Crippen LogP contribution in [-0.4, -0.2) is 21.0 Å². The molecule has 1 rings (SSSR count). The Kier molecular flexibility index (Phi) is 3.78. The minimum atomic E-state index is -4.99. The number of nitro groups is 1. The number of rotatable bonds is 3. The molecule has 0 atom stereocenters. The van der Waals surface area contributed by atoms with Crippen molar-refractivity contribution in [2.24, 2.45) is 0 Å². The van der Waals surface area contributed by atoms with Gasteiger partial charge in [-0.15, -0.1) is 0 Å². The summed E-state index contributed by atoms with van der Waals surface area (Å²) in [5.41, 5.74) is -4.39. The molecule has 19 heavy (non-hydrogen) atoms. The lowest BCUT2D eigenvalue weighted by molar-refractivity contribution is -0.386.